The first-order chi connectivity index (χ1) is 17.1. The molecule has 35 heavy (non-hydrogen) atoms. The van der Waals surface area contributed by atoms with Gasteiger partial charge in [-0.25, -0.2) is 0 Å². The number of piperazine rings is 1. The van der Waals surface area contributed by atoms with E-state index in [0.717, 1.165) is 82.9 Å². The summed E-state index contributed by atoms with van der Waals surface area (Å²) in [5.74, 6) is 0.0701. The van der Waals surface area contributed by atoms with Crippen LogP contribution in [0.15, 0.2) is 48.5 Å². The lowest BCUT2D eigenvalue weighted by atomic mass is 9.96. The van der Waals surface area contributed by atoms with Crippen molar-refractivity contribution < 1.29 is 9.59 Å². The highest BCUT2D eigenvalue weighted by atomic mass is 16.2. The summed E-state index contributed by atoms with van der Waals surface area (Å²) in [5.41, 5.74) is 3.90. The van der Waals surface area contributed by atoms with Gasteiger partial charge in [-0.2, -0.15) is 0 Å². The predicted octanol–water partition coefficient (Wildman–Crippen LogP) is 2.96. The van der Waals surface area contributed by atoms with E-state index >= 15 is 0 Å². The van der Waals surface area contributed by atoms with Gasteiger partial charge >= 0.3 is 0 Å². The van der Waals surface area contributed by atoms with Crippen molar-refractivity contribution in [2.24, 2.45) is 0 Å². The molecule has 2 amide bonds. The van der Waals surface area contributed by atoms with Crippen LogP contribution in [0.2, 0.25) is 0 Å². The van der Waals surface area contributed by atoms with Gasteiger partial charge in [0.05, 0.1) is 11.4 Å². The zero-order chi connectivity index (χ0) is 24.2. The van der Waals surface area contributed by atoms with Crippen LogP contribution in [0, 0.1) is 0 Å². The molecule has 3 aliphatic rings. The van der Waals surface area contributed by atoms with Crippen molar-refractivity contribution in [3.8, 4) is 0 Å². The molecule has 0 unspecified atom stereocenters. The van der Waals surface area contributed by atoms with E-state index in [9.17, 15) is 9.59 Å². The number of likely N-dealkylation sites (N-methyl/N-ethyl adjacent to an activating group) is 1. The number of carbonyl (C=O) groups excluding carboxylic acids is 2. The van der Waals surface area contributed by atoms with Crippen LogP contribution >= 0.6 is 0 Å². The first kappa shape index (κ1) is 23.8. The molecule has 0 saturated carbocycles. The Morgan fingerprint density at radius 2 is 1.71 bits per heavy atom. The Labute approximate surface area is 208 Å². The molecule has 1 N–H and O–H groups in total. The lowest BCUT2D eigenvalue weighted by Crippen LogP contribution is -2.54. The molecule has 0 bridgehead atoms. The molecule has 186 valence electrons. The molecule has 2 aromatic rings. The van der Waals surface area contributed by atoms with Crippen LogP contribution < -0.4 is 15.1 Å². The second-order valence-electron chi connectivity index (χ2n) is 10.0. The lowest BCUT2D eigenvalue weighted by molar-refractivity contribution is -0.120. The molecular formula is C28H37N5O2. The number of anilines is 2. The number of fused-ring (bicyclic) bond motifs is 3. The van der Waals surface area contributed by atoms with Crippen LogP contribution in [0.5, 0.6) is 0 Å². The topological polar surface area (TPSA) is 59.1 Å². The minimum atomic E-state index is -0.0675. The van der Waals surface area contributed by atoms with E-state index in [1.165, 1.54) is 5.56 Å². The third-order valence-corrected chi connectivity index (χ3v) is 7.68. The summed E-state index contributed by atoms with van der Waals surface area (Å²) in [6.45, 7) is 7.89. The van der Waals surface area contributed by atoms with Crippen molar-refractivity contribution in [1.82, 2.24) is 15.1 Å². The van der Waals surface area contributed by atoms with Gasteiger partial charge in [0.2, 0.25) is 5.91 Å². The fourth-order valence-electron chi connectivity index (χ4n) is 5.61. The van der Waals surface area contributed by atoms with Gasteiger partial charge in [0.15, 0.2) is 0 Å². The quantitative estimate of drug-likeness (QED) is 0.624. The number of carbonyl (C=O) groups is 2. The smallest absolute Gasteiger partial charge is 0.251 e. The maximum Gasteiger partial charge on any atom is 0.251 e. The Hall–Kier alpha value is -2.90. The highest BCUT2D eigenvalue weighted by Crippen LogP contribution is 2.39. The normalized spacial score (nSPS) is 20.9. The fourth-order valence-corrected chi connectivity index (χ4v) is 5.61. The van der Waals surface area contributed by atoms with Gasteiger partial charge in [-0.3, -0.25) is 14.5 Å². The maximum absolute atomic E-state index is 12.9. The number of benzene rings is 2. The molecule has 2 aromatic carbocycles. The molecule has 0 spiro atoms. The maximum atomic E-state index is 12.9. The summed E-state index contributed by atoms with van der Waals surface area (Å²) >= 11 is 0. The van der Waals surface area contributed by atoms with Crippen molar-refractivity contribution in [1.29, 1.82) is 0 Å². The van der Waals surface area contributed by atoms with Gasteiger partial charge in [-0.05, 0) is 56.0 Å². The zero-order valence-corrected chi connectivity index (χ0v) is 20.8. The average Bonchev–Trinajstić information content (AvgIpc) is 2.91. The monoisotopic (exact) mass is 475 g/mol. The molecule has 0 aliphatic carbocycles. The second-order valence-corrected chi connectivity index (χ2v) is 10.0. The Morgan fingerprint density at radius 3 is 2.51 bits per heavy atom. The van der Waals surface area contributed by atoms with Crippen molar-refractivity contribution in [2.45, 2.75) is 38.3 Å². The Bertz CT molecular complexity index is 1030. The summed E-state index contributed by atoms with van der Waals surface area (Å²) in [4.78, 5) is 34.6. The number of piperidine rings is 1. The summed E-state index contributed by atoms with van der Waals surface area (Å²) in [7, 11) is 1.83. The van der Waals surface area contributed by atoms with Crippen LogP contribution in [-0.2, 0) is 11.3 Å². The largest absolute Gasteiger partial charge is 0.358 e. The third-order valence-electron chi connectivity index (χ3n) is 7.68. The highest BCUT2D eigenvalue weighted by Gasteiger charge is 2.38. The van der Waals surface area contributed by atoms with Crippen molar-refractivity contribution in [2.75, 3.05) is 62.7 Å². The minimum absolute atomic E-state index is 0.0545. The van der Waals surface area contributed by atoms with Crippen molar-refractivity contribution in [3.63, 3.8) is 0 Å². The third kappa shape index (κ3) is 5.36. The Kier molecular flexibility index (Phi) is 7.35. The standard InChI is InChI=1S/C28H37N5O2/c1-30-26-20-23(11-12-24(26)33-15-6-5-10-25(33)28(30)35)27(34)29-13-7-14-31-16-18-32(19-17-31)21-22-8-3-2-4-9-22/h2-4,8-9,11-12,20,25H,5-7,10,13-19,21H2,1H3,(H,29,34)/t25-/m1/s1. The van der Waals surface area contributed by atoms with E-state index in [4.69, 9.17) is 0 Å². The number of nitrogens with one attached hydrogen (secondary N) is 1. The van der Waals surface area contributed by atoms with Gasteiger partial charge in [0.25, 0.3) is 5.91 Å². The van der Waals surface area contributed by atoms with E-state index < -0.39 is 0 Å². The molecule has 2 fully saturated rings. The van der Waals surface area contributed by atoms with Gasteiger partial charge in [0, 0.05) is 58.4 Å². The molecule has 5 rings (SSSR count). The van der Waals surface area contributed by atoms with Gasteiger partial charge in [0.1, 0.15) is 6.04 Å². The van der Waals surface area contributed by atoms with Crippen LogP contribution in [0.3, 0.4) is 0 Å². The minimum Gasteiger partial charge on any atom is -0.358 e. The van der Waals surface area contributed by atoms with E-state index in [-0.39, 0.29) is 17.9 Å². The molecule has 0 radical (unpaired) electrons. The number of hydrogen-bond acceptors (Lipinski definition) is 5. The van der Waals surface area contributed by atoms with Gasteiger partial charge in [-0.1, -0.05) is 30.3 Å². The van der Waals surface area contributed by atoms with Gasteiger partial charge in [-0.15, -0.1) is 0 Å². The molecule has 0 aromatic heterocycles. The number of hydrogen-bond donors (Lipinski definition) is 1. The van der Waals surface area contributed by atoms with Crippen LogP contribution in [-0.4, -0.2) is 80.5 Å². The highest BCUT2D eigenvalue weighted by molar-refractivity contribution is 6.07. The number of rotatable bonds is 7. The molecule has 3 heterocycles. The van der Waals surface area contributed by atoms with Crippen molar-refractivity contribution >= 4 is 23.2 Å². The second kappa shape index (κ2) is 10.8. The first-order valence-corrected chi connectivity index (χ1v) is 13.1. The predicted molar refractivity (Wildman–Crippen MR) is 140 cm³/mol. The fraction of sp³-hybridized carbons (Fsp3) is 0.500. The van der Waals surface area contributed by atoms with E-state index in [1.54, 1.807) is 4.90 Å². The van der Waals surface area contributed by atoms with Crippen molar-refractivity contribution in [3.05, 3.63) is 59.7 Å². The van der Waals surface area contributed by atoms with E-state index in [0.29, 0.717) is 12.1 Å². The molecule has 3 aliphatic heterocycles. The lowest BCUT2D eigenvalue weighted by Gasteiger charge is -2.44. The van der Waals surface area contributed by atoms with Crippen LogP contribution in [0.25, 0.3) is 0 Å². The van der Waals surface area contributed by atoms with Gasteiger partial charge < -0.3 is 20.0 Å². The van der Waals surface area contributed by atoms with Crippen LogP contribution in [0.1, 0.15) is 41.6 Å². The van der Waals surface area contributed by atoms with E-state index in [1.807, 2.05) is 25.2 Å². The molecule has 1 atom stereocenters. The molecule has 7 heteroatoms. The summed E-state index contributed by atoms with van der Waals surface area (Å²) in [6, 6.07) is 16.4. The Morgan fingerprint density at radius 1 is 0.943 bits per heavy atom. The first-order valence-electron chi connectivity index (χ1n) is 13.1. The number of amides is 2. The van der Waals surface area contributed by atoms with Crippen LogP contribution in [0.4, 0.5) is 11.4 Å². The summed E-state index contributed by atoms with van der Waals surface area (Å²) in [6.07, 6.45) is 4.05. The van der Waals surface area contributed by atoms with E-state index in [2.05, 4.69) is 50.3 Å². The molecule has 2 saturated heterocycles. The number of nitrogens with zero attached hydrogens (tertiary/aromatic N) is 4. The molecule has 7 nitrogen and oxygen atoms in total. The molecular weight excluding hydrogens is 438 g/mol. The summed E-state index contributed by atoms with van der Waals surface area (Å²) in [5, 5.41) is 3.08. The summed E-state index contributed by atoms with van der Waals surface area (Å²) < 4.78 is 0. The average molecular weight is 476 g/mol. The Balaban J connectivity index is 1.07. The SMILES string of the molecule is CN1C(=O)[C@H]2CCCCN2c2ccc(C(=O)NCCCN3CCN(Cc4ccccc4)CC3)cc21. The zero-order valence-electron chi connectivity index (χ0n) is 20.8.